The minimum Gasteiger partial charge on any atom is -0.480 e. The predicted molar refractivity (Wildman–Crippen MR) is 212 cm³/mol. The number of hydrogen-bond acceptors (Lipinski definition) is 8. The normalized spacial score (nSPS) is 14.5. The van der Waals surface area contributed by atoms with Crippen molar-refractivity contribution in [3.8, 4) is 0 Å². The SMILES string of the molecule is CC/C=C\C/C=C\C/C=C\CCCCCCCCCC(=O)OC(COCCCCCCCC/C=C\CCCCC)COP(=O)(O)OCC(N)C(=O)O. The van der Waals surface area contributed by atoms with E-state index in [-0.39, 0.29) is 13.0 Å². The number of carboxylic acids is 1. The van der Waals surface area contributed by atoms with Gasteiger partial charge in [0.25, 0.3) is 0 Å². The van der Waals surface area contributed by atoms with Gasteiger partial charge in [0.15, 0.2) is 0 Å². The van der Waals surface area contributed by atoms with E-state index in [0.29, 0.717) is 13.0 Å². The first-order valence-electron chi connectivity index (χ1n) is 20.2. The summed E-state index contributed by atoms with van der Waals surface area (Å²) in [6.45, 7) is 3.71. The van der Waals surface area contributed by atoms with Crippen LogP contribution in [-0.4, -0.2) is 60.5 Å². The summed E-state index contributed by atoms with van der Waals surface area (Å²) in [6, 6.07) is -1.48. The molecule has 0 aliphatic carbocycles. The van der Waals surface area contributed by atoms with E-state index in [0.717, 1.165) is 70.6 Å². The van der Waals surface area contributed by atoms with Crippen LogP contribution in [0.3, 0.4) is 0 Å². The van der Waals surface area contributed by atoms with Gasteiger partial charge in [-0.05, 0) is 70.6 Å². The molecule has 0 fully saturated rings. The molecule has 0 aromatic heterocycles. The van der Waals surface area contributed by atoms with E-state index >= 15 is 0 Å². The first kappa shape index (κ1) is 49.9. The Hall–Kier alpha value is -2.07. The Balaban J connectivity index is 4.30. The van der Waals surface area contributed by atoms with Gasteiger partial charge in [0.05, 0.1) is 19.8 Å². The fourth-order valence-corrected chi connectivity index (χ4v) is 5.98. The first-order valence-corrected chi connectivity index (χ1v) is 21.7. The lowest BCUT2D eigenvalue weighted by Gasteiger charge is -2.20. The summed E-state index contributed by atoms with van der Waals surface area (Å²) in [5.74, 6) is -1.79. The van der Waals surface area contributed by atoms with Crippen molar-refractivity contribution in [3.63, 3.8) is 0 Å². The fraction of sp³-hybridized carbons (Fsp3) is 0.756. The lowest BCUT2D eigenvalue weighted by molar-refractivity contribution is -0.154. The second-order valence-corrected chi connectivity index (χ2v) is 14.8. The number of aliphatic carboxylic acids is 1. The van der Waals surface area contributed by atoms with Crippen molar-refractivity contribution >= 4 is 19.8 Å². The van der Waals surface area contributed by atoms with Crippen LogP contribution in [0.1, 0.15) is 162 Å². The van der Waals surface area contributed by atoms with Crippen LogP contribution in [0.25, 0.3) is 0 Å². The smallest absolute Gasteiger partial charge is 0.472 e. The van der Waals surface area contributed by atoms with Gasteiger partial charge in [-0.15, -0.1) is 0 Å². The van der Waals surface area contributed by atoms with Crippen LogP contribution < -0.4 is 5.73 Å². The van der Waals surface area contributed by atoms with E-state index in [1.807, 2.05) is 0 Å². The summed E-state index contributed by atoms with van der Waals surface area (Å²) < 4.78 is 33.2. The average molecular weight is 756 g/mol. The molecule has 0 rings (SSSR count). The van der Waals surface area contributed by atoms with Crippen molar-refractivity contribution in [2.75, 3.05) is 26.4 Å². The number of phosphoric ester groups is 1. The number of hydrogen-bond donors (Lipinski definition) is 3. The third kappa shape index (κ3) is 36.3. The van der Waals surface area contributed by atoms with E-state index in [1.54, 1.807) is 0 Å². The van der Waals surface area contributed by atoms with Gasteiger partial charge in [0, 0.05) is 13.0 Å². The third-order valence-electron chi connectivity index (χ3n) is 8.34. The molecular formula is C41H74NO9P. The average Bonchev–Trinajstić information content (AvgIpc) is 3.12. The van der Waals surface area contributed by atoms with E-state index in [4.69, 9.17) is 29.4 Å². The van der Waals surface area contributed by atoms with Crippen molar-refractivity contribution < 1.29 is 42.7 Å². The van der Waals surface area contributed by atoms with Gasteiger partial charge < -0.3 is 25.2 Å². The highest BCUT2D eigenvalue weighted by Crippen LogP contribution is 2.43. The second-order valence-electron chi connectivity index (χ2n) is 13.4. The number of ether oxygens (including phenoxy) is 2. The molecule has 0 aliphatic rings. The van der Waals surface area contributed by atoms with Crippen LogP contribution in [0.2, 0.25) is 0 Å². The number of allylic oxidation sites excluding steroid dienone is 8. The first-order chi connectivity index (χ1) is 25.2. The van der Waals surface area contributed by atoms with E-state index in [2.05, 4.69) is 62.5 Å². The lowest BCUT2D eigenvalue weighted by atomic mass is 10.1. The lowest BCUT2D eigenvalue weighted by Crippen LogP contribution is -2.34. The number of esters is 1. The number of nitrogens with two attached hydrogens (primary N) is 1. The molecule has 3 unspecified atom stereocenters. The number of unbranched alkanes of at least 4 members (excludes halogenated alkanes) is 16. The third-order valence-corrected chi connectivity index (χ3v) is 9.29. The monoisotopic (exact) mass is 756 g/mol. The van der Waals surface area contributed by atoms with Gasteiger partial charge in [-0.1, -0.05) is 133 Å². The molecular weight excluding hydrogens is 681 g/mol. The maximum absolute atomic E-state index is 12.6. The summed E-state index contributed by atoms with van der Waals surface area (Å²) in [4.78, 5) is 33.4. The van der Waals surface area contributed by atoms with Gasteiger partial charge in [0.2, 0.25) is 0 Å². The molecule has 11 heteroatoms. The summed E-state index contributed by atoms with van der Waals surface area (Å²) in [6.07, 6.45) is 41.6. The van der Waals surface area contributed by atoms with Crippen LogP contribution in [-0.2, 0) is 32.7 Å². The second kappa shape index (κ2) is 37.3. The molecule has 0 aromatic carbocycles. The number of phosphoric acid groups is 1. The molecule has 4 N–H and O–H groups in total. The Morgan fingerprint density at radius 3 is 1.69 bits per heavy atom. The van der Waals surface area contributed by atoms with Crippen molar-refractivity contribution in [2.24, 2.45) is 5.73 Å². The number of carbonyl (C=O) groups excluding carboxylic acids is 1. The van der Waals surface area contributed by atoms with Crippen LogP contribution in [0, 0.1) is 0 Å². The minimum atomic E-state index is -4.62. The summed E-state index contributed by atoms with van der Waals surface area (Å²) in [5, 5.41) is 8.88. The molecule has 0 aromatic rings. The molecule has 0 amide bonds. The zero-order valence-corrected chi connectivity index (χ0v) is 33.5. The molecule has 0 spiro atoms. The van der Waals surface area contributed by atoms with E-state index < -0.39 is 45.1 Å². The molecule has 0 bridgehead atoms. The zero-order valence-electron chi connectivity index (χ0n) is 32.6. The highest BCUT2D eigenvalue weighted by molar-refractivity contribution is 7.47. The molecule has 0 aliphatic heterocycles. The van der Waals surface area contributed by atoms with Crippen molar-refractivity contribution in [1.82, 2.24) is 0 Å². The Morgan fingerprint density at radius 1 is 0.635 bits per heavy atom. The highest BCUT2D eigenvalue weighted by atomic mass is 31.2. The van der Waals surface area contributed by atoms with Gasteiger partial charge in [-0.2, -0.15) is 0 Å². The van der Waals surface area contributed by atoms with E-state index in [1.165, 1.54) is 64.2 Å². The Kier molecular flexibility index (Phi) is 35.8. The summed E-state index contributed by atoms with van der Waals surface area (Å²) in [5.41, 5.74) is 5.34. The fourth-order valence-electron chi connectivity index (χ4n) is 5.20. The largest absolute Gasteiger partial charge is 0.480 e. The Labute approximate surface area is 316 Å². The molecule has 302 valence electrons. The van der Waals surface area contributed by atoms with Crippen LogP contribution in [0.5, 0.6) is 0 Å². The molecule has 0 radical (unpaired) electrons. The van der Waals surface area contributed by atoms with Gasteiger partial charge in [-0.25, -0.2) is 4.57 Å². The molecule has 3 atom stereocenters. The highest BCUT2D eigenvalue weighted by Gasteiger charge is 2.27. The number of carboxylic acid groups (broad SMARTS) is 1. The molecule has 0 saturated heterocycles. The van der Waals surface area contributed by atoms with Crippen LogP contribution in [0.4, 0.5) is 0 Å². The summed E-state index contributed by atoms with van der Waals surface area (Å²) in [7, 11) is -4.62. The molecule has 0 heterocycles. The summed E-state index contributed by atoms with van der Waals surface area (Å²) >= 11 is 0. The Morgan fingerprint density at radius 2 is 1.12 bits per heavy atom. The van der Waals surface area contributed by atoms with Crippen molar-refractivity contribution in [2.45, 2.75) is 174 Å². The standard InChI is InChI=1S/C41H74NO9P/c1-3-5-7-9-11-13-15-17-18-19-20-21-23-25-27-29-31-33-40(43)51-38(36-49-52(46,47)50-37-39(42)41(44)45)35-48-34-32-30-28-26-24-22-16-14-12-10-8-6-4-2/h5,7,11-14,17-18,38-39H,3-4,6,8-10,15-16,19-37,42H2,1-2H3,(H,44,45)(H,46,47)/b7-5-,13-11-,14-12-,18-17-. The van der Waals surface area contributed by atoms with Crippen LogP contribution in [0.15, 0.2) is 48.6 Å². The quantitative estimate of drug-likeness (QED) is 0.0240. The van der Waals surface area contributed by atoms with Gasteiger partial charge in [-0.3, -0.25) is 18.6 Å². The minimum absolute atomic E-state index is 0.00744. The number of rotatable bonds is 38. The molecule has 52 heavy (non-hydrogen) atoms. The van der Waals surface area contributed by atoms with Crippen molar-refractivity contribution in [1.29, 1.82) is 0 Å². The zero-order chi connectivity index (χ0) is 38.4. The molecule has 10 nitrogen and oxygen atoms in total. The van der Waals surface area contributed by atoms with Crippen LogP contribution >= 0.6 is 7.82 Å². The van der Waals surface area contributed by atoms with Gasteiger partial charge >= 0.3 is 19.8 Å². The van der Waals surface area contributed by atoms with E-state index in [9.17, 15) is 19.0 Å². The maximum atomic E-state index is 12.6. The Bertz CT molecular complexity index is 1010. The maximum Gasteiger partial charge on any atom is 0.472 e. The van der Waals surface area contributed by atoms with Gasteiger partial charge in [0.1, 0.15) is 12.1 Å². The topological polar surface area (TPSA) is 155 Å². The molecule has 0 saturated carbocycles. The predicted octanol–water partition coefficient (Wildman–Crippen LogP) is 10.7. The van der Waals surface area contributed by atoms with Crippen molar-refractivity contribution in [3.05, 3.63) is 48.6 Å². The number of carbonyl (C=O) groups is 2.